The van der Waals surface area contributed by atoms with Gasteiger partial charge in [0.25, 0.3) is 0 Å². The zero-order chi connectivity index (χ0) is 14.7. The molecule has 2 amide bonds. The van der Waals surface area contributed by atoms with Gasteiger partial charge in [-0.25, -0.2) is 4.79 Å². The van der Waals surface area contributed by atoms with Crippen molar-refractivity contribution in [3.63, 3.8) is 0 Å². The quantitative estimate of drug-likeness (QED) is 0.770. The normalized spacial score (nSPS) is 50.5. The van der Waals surface area contributed by atoms with Gasteiger partial charge >= 0.3 is 6.03 Å². The largest absolute Gasteiger partial charge is 0.338 e. The zero-order valence-electron chi connectivity index (χ0n) is 13.4. The molecule has 3 unspecified atom stereocenters. The molecule has 3 atom stereocenters. The number of amides is 2. The van der Waals surface area contributed by atoms with Crippen LogP contribution in [0.5, 0.6) is 0 Å². The van der Waals surface area contributed by atoms with Crippen molar-refractivity contribution in [1.82, 2.24) is 10.6 Å². The van der Waals surface area contributed by atoms with Crippen LogP contribution in [0, 0.1) is 35.5 Å². The predicted molar refractivity (Wildman–Crippen MR) is 86.3 cm³/mol. The first-order valence-electron chi connectivity index (χ1n) is 9.42. The lowest BCUT2D eigenvalue weighted by Gasteiger charge is -2.56. The van der Waals surface area contributed by atoms with Crippen molar-refractivity contribution in [2.45, 2.75) is 56.9 Å². The van der Waals surface area contributed by atoms with Crippen LogP contribution in [0.25, 0.3) is 0 Å². The maximum atomic E-state index is 12.5. The van der Waals surface area contributed by atoms with E-state index in [1.807, 2.05) is 0 Å². The number of nitrogens with one attached hydrogen (secondary N) is 2. The highest BCUT2D eigenvalue weighted by Crippen LogP contribution is 2.55. The van der Waals surface area contributed by atoms with Gasteiger partial charge in [-0.05, 0) is 86.9 Å². The molecule has 0 aromatic rings. The molecule has 0 radical (unpaired) electrons. The number of hydrogen-bond acceptors (Lipinski definition) is 1. The first-order chi connectivity index (χ1) is 10.7. The van der Waals surface area contributed by atoms with Crippen LogP contribution < -0.4 is 10.6 Å². The molecule has 0 aliphatic heterocycles. The summed E-state index contributed by atoms with van der Waals surface area (Å²) in [6.45, 7) is 0.865. The summed E-state index contributed by atoms with van der Waals surface area (Å²) in [5, 5.41) is 6.63. The molecule has 0 saturated heterocycles. The molecule has 6 rings (SSSR count). The Morgan fingerprint density at radius 1 is 0.955 bits per heavy atom. The molecule has 2 N–H and O–H groups in total. The Bertz CT molecular complexity index is 476. The van der Waals surface area contributed by atoms with Crippen molar-refractivity contribution in [2.75, 3.05) is 6.54 Å². The van der Waals surface area contributed by atoms with Crippen molar-refractivity contribution in [3.05, 3.63) is 12.2 Å². The average Bonchev–Trinajstić information content (AvgIpc) is 3.05. The summed E-state index contributed by atoms with van der Waals surface area (Å²) >= 11 is 0. The smallest absolute Gasteiger partial charge is 0.315 e. The molecular formula is C19H28N2O. The average molecular weight is 300 g/mol. The highest BCUT2D eigenvalue weighted by atomic mass is 16.2. The van der Waals surface area contributed by atoms with E-state index >= 15 is 0 Å². The third-order valence-corrected chi connectivity index (χ3v) is 7.36. The number of carbonyl (C=O) groups is 1. The van der Waals surface area contributed by atoms with Crippen LogP contribution in [0.1, 0.15) is 51.4 Å². The third kappa shape index (κ3) is 2.19. The molecule has 6 bridgehead atoms. The molecule has 5 fully saturated rings. The van der Waals surface area contributed by atoms with Crippen molar-refractivity contribution < 1.29 is 4.79 Å². The molecule has 0 spiro atoms. The van der Waals surface area contributed by atoms with Crippen molar-refractivity contribution in [1.29, 1.82) is 0 Å². The highest BCUT2D eigenvalue weighted by Gasteiger charge is 2.51. The lowest BCUT2D eigenvalue weighted by molar-refractivity contribution is -0.0135. The fourth-order valence-electron chi connectivity index (χ4n) is 6.90. The van der Waals surface area contributed by atoms with Gasteiger partial charge in [-0.15, -0.1) is 0 Å². The molecule has 3 heteroatoms. The minimum Gasteiger partial charge on any atom is -0.338 e. The molecule has 5 saturated carbocycles. The van der Waals surface area contributed by atoms with Crippen molar-refractivity contribution >= 4 is 6.03 Å². The topological polar surface area (TPSA) is 41.1 Å². The predicted octanol–water partition coefficient (Wildman–Crippen LogP) is 3.47. The van der Waals surface area contributed by atoms with E-state index in [1.165, 1.54) is 51.4 Å². The van der Waals surface area contributed by atoms with Gasteiger partial charge in [0.2, 0.25) is 0 Å². The molecule has 0 heterocycles. The standard InChI is InChI=1S/C19H28N2O/c22-18(20-11-17-7-12-1-2-16(17)6-12)21-19-8-13-3-14(9-19)5-15(4-13)10-19/h1-2,12-17H,3-11H2,(H2,20,21,22). The summed E-state index contributed by atoms with van der Waals surface area (Å²) in [4.78, 5) is 12.5. The van der Waals surface area contributed by atoms with Crippen LogP contribution in [-0.4, -0.2) is 18.1 Å². The minimum absolute atomic E-state index is 0.105. The van der Waals surface area contributed by atoms with Crippen molar-refractivity contribution in [3.8, 4) is 0 Å². The summed E-state index contributed by atoms with van der Waals surface area (Å²) in [6.07, 6.45) is 15.4. The number of carbonyl (C=O) groups excluding carboxylic acids is 1. The number of hydrogen-bond donors (Lipinski definition) is 2. The van der Waals surface area contributed by atoms with Crippen LogP contribution in [0.2, 0.25) is 0 Å². The van der Waals surface area contributed by atoms with Gasteiger partial charge in [0, 0.05) is 12.1 Å². The Hall–Kier alpha value is -0.990. The molecule has 6 aliphatic carbocycles. The number of fused-ring (bicyclic) bond motifs is 2. The van der Waals surface area contributed by atoms with Gasteiger partial charge < -0.3 is 10.6 Å². The number of urea groups is 1. The highest BCUT2D eigenvalue weighted by molar-refractivity contribution is 5.75. The summed E-state index contributed by atoms with van der Waals surface area (Å²) in [6, 6.07) is 0.105. The lowest BCUT2D eigenvalue weighted by atomic mass is 9.53. The Kier molecular flexibility index (Phi) is 2.90. The van der Waals surface area contributed by atoms with E-state index in [0.29, 0.717) is 5.92 Å². The van der Waals surface area contributed by atoms with E-state index in [9.17, 15) is 4.79 Å². The molecular weight excluding hydrogens is 272 g/mol. The molecule has 0 aromatic carbocycles. The number of allylic oxidation sites excluding steroid dienone is 2. The van der Waals surface area contributed by atoms with Gasteiger partial charge in [0.15, 0.2) is 0 Å². The van der Waals surface area contributed by atoms with Crippen LogP contribution in [0.3, 0.4) is 0 Å². The Morgan fingerprint density at radius 3 is 2.18 bits per heavy atom. The molecule has 120 valence electrons. The van der Waals surface area contributed by atoms with E-state index in [0.717, 1.165) is 36.1 Å². The summed E-state index contributed by atoms with van der Waals surface area (Å²) in [5.41, 5.74) is 0.146. The van der Waals surface area contributed by atoms with E-state index in [2.05, 4.69) is 22.8 Å². The van der Waals surface area contributed by atoms with Crippen LogP contribution in [0.4, 0.5) is 4.79 Å². The maximum absolute atomic E-state index is 12.5. The first-order valence-corrected chi connectivity index (χ1v) is 9.42. The minimum atomic E-state index is 0.105. The fraction of sp³-hybridized carbons (Fsp3) is 0.842. The van der Waals surface area contributed by atoms with Gasteiger partial charge in [0.1, 0.15) is 0 Å². The second-order valence-electron chi connectivity index (χ2n) is 9.07. The Balaban J connectivity index is 1.18. The second-order valence-corrected chi connectivity index (χ2v) is 9.07. The monoisotopic (exact) mass is 300 g/mol. The molecule has 6 aliphatic rings. The van der Waals surface area contributed by atoms with Gasteiger partial charge in [0.05, 0.1) is 0 Å². The summed E-state index contributed by atoms with van der Waals surface area (Å²) in [5.74, 6) is 4.87. The maximum Gasteiger partial charge on any atom is 0.315 e. The molecule has 3 nitrogen and oxygen atoms in total. The summed E-state index contributed by atoms with van der Waals surface area (Å²) < 4.78 is 0. The van der Waals surface area contributed by atoms with E-state index in [4.69, 9.17) is 0 Å². The van der Waals surface area contributed by atoms with E-state index in [1.54, 1.807) is 0 Å². The van der Waals surface area contributed by atoms with Gasteiger partial charge in [-0.2, -0.15) is 0 Å². The third-order valence-electron chi connectivity index (χ3n) is 7.36. The van der Waals surface area contributed by atoms with Crippen LogP contribution in [-0.2, 0) is 0 Å². The second kappa shape index (κ2) is 4.75. The number of rotatable bonds is 3. The summed E-state index contributed by atoms with van der Waals surface area (Å²) in [7, 11) is 0. The van der Waals surface area contributed by atoms with Gasteiger partial charge in [-0.3, -0.25) is 0 Å². The lowest BCUT2D eigenvalue weighted by Crippen LogP contribution is -2.61. The Morgan fingerprint density at radius 2 is 1.64 bits per heavy atom. The zero-order valence-corrected chi connectivity index (χ0v) is 13.4. The van der Waals surface area contributed by atoms with Crippen LogP contribution in [0.15, 0.2) is 12.2 Å². The molecule has 0 aromatic heterocycles. The SMILES string of the molecule is O=C(NCC1CC2C=CC1C2)NC12CC3CC(CC(C3)C1)C2. The van der Waals surface area contributed by atoms with Crippen molar-refractivity contribution in [2.24, 2.45) is 35.5 Å². The van der Waals surface area contributed by atoms with E-state index in [-0.39, 0.29) is 11.6 Å². The van der Waals surface area contributed by atoms with Gasteiger partial charge in [-0.1, -0.05) is 12.2 Å². The Labute approximate surface area is 133 Å². The fourth-order valence-corrected chi connectivity index (χ4v) is 6.90. The van der Waals surface area contributed by atoms with E-state index < -0.39 is 0 Å². The first kappa shape index (κ1) is 13.4. The molecule has 22 heavy (non-hydrogen) atoms. The van der Waals surface area contributed by atoms with Crippen LogP contribution >= 0.6 is 0 Å².